The SMILES string of the molecule is Cc1ccc(NC(=O)Cn2ccc(=O)c3ccc(Cl)cc32)cc1. The van der Waals surface area contributed by atoms with Gasteiger partial charge in [-0.05, 0) is 37.3 Å². The number of rotatable bonds is 3. The summed E-state index contributed by atoms with van der Waals surface area (Å²) in [7, 11) is 0. The average molecular weight is 327 g/mol. The minimum atomic E-state index is -0.168. The van der Waals surface area contributed by atoms with Gasteiger partial charge in [0.1, 0.15) is 6.54 Å². The summed E-state index contributed by atoms with van der Waals surface area (Å²) in [5.41, 5.74) is 2.42. The van der Waals surface area contributed by atoms with Crippen molar-refractivity contribution in [1.82, 2.24) is 4.57 Å². The van der Waals surface area contributed by atoms with Crippen LogP contribution in [0.15, 0.2) is 59.5 Å². The number of hydrogen-bond donors (Lipinski definition) is 1. The number of fused-ring (bicyclic) bond motifs is 1. The van der Waals surface area contributed by atoms with Gasteiger partial charge in [0.2, 0.25) is 5.91 Å². The van der Waals surface area contributed by atoms with Crippen molar-refractivity contribution in [2.45, 2.75) is 13.5 Å². The molecule has 3 aromatic rings. The molecule has 5 heteroatoms. The maximum atomic E-state index is 12.2. The minimum absolute atomic E-state index is 0.0909. The molecular weight excluding hydrogens is 312 g/mol. The molecule has 0 radical (unpaired) electrons. The van der Waals surface area contributed by atoms with Crippen LogP contribution >= 0.6 is 11.6 Å². The zero-order chi connectivity index (χ0) is 16.4. The van der Waals surface area contributed by atoms with E-state index in [4.69, 9.17) is 11.6 Å². The molecule has 3 rings (SSSR count). The van der Waals surface area contributed by atoms with Crippen LogP contribution in [0.1, 0.15) is 5.56 Å². The average Bonchev–Trinajstić information content (AvgIpc) is 2.52. The van der Waals surface area contributed by atoms with E-state index in [0.29, 0.717) is 15.9 Å². The summed E-state index contributed by atoms with van der Waals surface area (Å²) >= 11 is 6.01. The van der Waals surface area contributed by atoms with E-state index in [1.807, 2.05) is 31.2 Å². The molecule has 0 fully saturated rings. The third-order valence-electron chi connectivity index (χ3n) is 3.59. The van der Waals surface area contributed by atoms with Crippen LogP contribution in [0.4, 0.5) is 5.69 Å². The van der Waals surface area contributed by atoms with Gasteiger partial charge in [-0.1, -0.05) is 29.3 Å². The number of amides is 1. The predicted molar refractivity (Wildman–Crippen MR) is 93.0 cm³/mol. The monoisotopic (exact) mass is 326 g/mol. The zero-order valence-electron chi connectivity index (χ0n) is 12.5. The van der Waals surface area contributed by atoms with Gasteiger partial charge in [-0.25, -0.2) is 0 Å². The third-order valence-corrected chi connectivity index (χ3v) is 3.82. The van der Waals surface area contributed by atoms with Crippen molar-refractivity contribution in [3.8, 4) is 0 Å². The highest BCUT2D eigenvalue weighted by atomic mass is 35.5. The molecule has 0 saturated heterocycles. The fourth-order valence-electron chi connectivity index (χ4n) is 2.41. The molecule has 1 amide bonds. The number of hydrogen-bond acceptors (Lipinski definition) is 2. The van der Waals surface area contributed by atoms with Crippen molar-refractivity contribution in [3.63, 3.8) is 0 Å². The Morgan fingerprint density at radius 2 is 1.87 bits per heavy atom. The second-order valence-corrected chi connectivity index (χ2v) is 5.82. The fourth-order valence-corrected chi connectivity index (χ4v) is 2.57. The van der Waals surface area contributed by atoms with E-state index in [1.165, 1.54) is 6.07 Å². The largest absolute Gasteiger partial charge is 0.338 e. The number of carbonyl (C=O) groups is 1. The third kappa shape index (κ3) is 3.43. The first-order valence-electron chi connectivity index (χ1n) is 7.18. The number of nitrogens with one attached hydrogen (secondary N) is 1. The molecule has 2 aromatic carbocycles. The first-order chi connectivity index (χ1) is 11.0. The predicted octanol–water partition coefficient (Wildman–Crippen LogP) is 3.60. The van der Waals surface area contributed by atoms with Gasteiger partial charge in [0.05, 0.1) is 5.52 Å². The van der Waals surface area contributed by atoms with Crippen LogP contribution in [0.2, 0.25) is 5.02 Å². The summed E-state index contributed by atoms with van der Waals surface area (Å²) in [6, 6.07) is 14.1. The maximum absolute atomic E-state index is 12.2. The summed E-state index contributed by atoms with van der Waals surface area (Å²) in [5.74, 6) is -0.168. The lowest BCUT2D eigenvalue weighted by Gasteiger charge is -2.11. The molecule has 0 atom stereocenters. The van der Waals surface area contributed by atoms with Crippen molar-refractivity contribution in [3.05, 3.63) is 75.5 Å². The number of anilines is 1. The van der Waals surface area contributed by atoms with Gasteiger partial charge < -0.3 is 9.88 Å². The van der Waals surface area contributed by atoms with E-state index in [-0.39, 0.29) is 17.9 Å². The van der Waals surface area contributed by atoms with Gasteiger partial charge in [-0.2, -0.15) is 0 Å². The smallest absolute Gasteiger partial charge is 0.244 e. The number of carbonyl (C=O) groups excluding carboxylic acids is 1. The lowest BCUT2D eigenvalue weighted by atomic mass is 10.2. The Morgan fingerprint density at radius 3 is 2.61 bits per heavy atom. The second kappa shape index (κ2) is 6.26. The molecule has 0 aliphatic heterocycles. The number of pyridine rings is 1. The van der Waals surface area contributed by atoms with Gasteiger partial charge in [0.15, 0.2) is 5.43 Å². The number of aryl methyl sites for hydroxylation is 1. The highest BCUT2D eigenvalue weighted by Gasteiger charge is 2.08. The minimum Gasteiger partial charge on any atom is -0.338 e. The topological polar surface area (TPSA) is 51.1 Å². The Balaban J connectivity index is 1.87. The molecule has 23 heavy (non-hydrogen) atoms. The summed E-state index contributed by atoms with van der Waals surface area (Å²) in [6.07, 6.45) is 1.61. The van der Waals surface area contributed by atoms with Crippen LogP contribution in [0, 0.1) is 6.92 Å². The van der Waals surface area contributed by atoms with Gasteiger partial charge in [0.25, 0.3) is 0 Å². The Morgan fingerprint density at radius 1 is 1.13 bits per heavy atom. The van der Waals surface area contributed by atoms with E-state index in [2.05, 4.69) is 5.32 Å². The van der Waals surface area contributed by atoms with E-state index < -0.39 is 0 Å². The first-order valence-corrected chi connectivity index (χ1v) is 7.56. The second-order valence-electron chi connectivity index (χ2n) is 5.38. The maximum Gasteiger partial charge on any atom is 0.244 e. The molecule has 1 heterocycles. The van der Waals surface area contributed by atoms with Crippen LogP contribution in [-0.2, 0) is 11.3 Å². The molecule has 0 bridgehead atoms. The van der Waals surface area contributed by atoms with Crippen LogP contribution in [0.25, 0.3) is 10.9 Å². The lowest BCUT2D eigenvalue weighted by Crippen LogP contribution is -2.20. The van der Waals surface area contributed by atoms with Crippen molar-refractivity contribution in [2.75, 3.05) is 5.32 Å². The highest BCUT2D eigenvalue weighted by Crippen LogP contribution is 2.17. The summed E-state index contributed by atoms with van der Waals surface area (Å²) < 4.78 is 1.71. The Kier molecular flexibility index (Phi) is 4.17. The molecule has 116 valence electrons. The molecule has 1 N–H and O–H groups in total. The Bertz CT molecular complexity index is 930. The standard InChI is InChI=1S/C18H15ClN2O2/c1-12-2-5-14(6-3-12)20-18(23)11-21-9-8-17(22)15-7-4-13(19)10-16(15)21/h2-10H,11H2,1H3,(H,20,23). The van der Waals surface area contributed by atoms with Crippen LogP contribution < -0.4 is 10.7 Å². The molecule has 0 unspecified atom stereocenters. The Hall–Kier alpha value is -2.59. The van der Waals surface area contributed by atoms with Gasteiger partial charge in [-0.15, -0.1) is 0 Å². The van der Waals surface area contributed by atoms with E-state index >= 15 is 0 Å². The number of benzene rings is 2. The summed E-state index contributed by atoms with van der Waals surface area (Å²) in [6.45, 7) is 2.09. The number of aromatic nitrogens is 1. The number of nitrogens with zero attached hydrogens (tertiary/aromatic N) is 1. The molecule has 0 spiro atoms. The molecule has 0 aliphatic carbocycles. The Labute approximate surface area is 138 Å². The van der Waals surface area contributed by atoms with E-state index in [9.17, 15) is 9.59 Å². The van der Waals surface area contributed by atoms with E-state index in [0.717, 1.165) is 11.3 Å². The van der Waals surface area contributed by atoms with Crippen LogP contribution in [0.3, 0.4) is 0 Å². The highest BCUT2D eigenvalue weighted by molar-refractivity contribution is 6.31. The van der Waals surface area contributed by atoms with Gasteiger partial charge in [0, 0.05) is 28.4 Å². The van der Waals surface area contributed by atoms with Crippen molar-refractivity contribution in [2.24, 2.45) is 0 Å². The number of halogens is 1. The van der Waals surface area contributed by atoms with Gasteiger partial charge in [-0.3, -0.25) is 9.59 Å². The molecule has 4 nitrogen and oxygen atoms in total. The van der Waals surface area contributed by atoms with Crippen LogP contribution in [-0.4, -0.2) is 10.5 Å². The van der Waals surface area contributed by atoms with Crippen molar-refractivity contribution in [1.29, 1.82) is 0 Å². The zero-order valence-corrected chi connectivity index (χ0v) is 13.3. The molecule has 0 saturated carbocycles. The van der Waals surface area contributed by atoms with Crippen molar-refractivity contribution >= 4 is 34.1 Å². The summed E-state index contributed by atoms with van der Waals surface area (Å²) in [5, 5.41) is 3.91. The first kappa shape index (κ1) is 15.3. The molecular formula is C18H15ClN2O2. The molecule has 0 aliphatic rings. The quantitative estimate of drug-likeness (QED) is 0.799. The normalized spacial score (nSPS) is 10.7. The lowest BCUT2D eigenvalue weighted by molar-refractivity contribution is -0.116. The van der Waals surface area contributed by atoms with E-state index in [1.54, 1.807) is 29.0 Å². The fraction of sp³-hybridized carbons (Fsp3) is 0.111. The van der Waals surface area contributed by atoms with Gasteiger partial charge >= 0.3 is 0 Å². The molecule has 1 aromatic heterocycles. The van der Waals surface area contributed by atoms with Crippen molar-refractivity contribution < 1.29 is 4.79 Å². The van der Waals surface area contributed by atoms with Crippen LogP contribution in [0.5, 0.6) is 0 Å². The summed E-state index contributed by atoms with van der Waals surface area (Å²) in [4.78, 5) is 24.1.